The third-order valence-corrected chi connectivity index (χ3v) is 3.46. The minimum Gasteiger partial charge on any atom is -0.398 e. The van der Waals surface area contributed by atoms with E-state index in [1.165, 1.54) is 6.08 Å². The molecule has 3 heteroatoms. The molecule has 0 aliphatic rings. The van der Waals surface area contributed by atoms with Crippen molar-refractivity contribution in [1.29, 1.82) is 0 Å². The molecule has 0 unspecified atom stereocenters. The number of nitrogens with one attached hydrogen (secondary N) is 1. The highest BCUT2D eigenvalue weighted by Crippen LogP contribution is 2.19. The first-order chi connectivity index (χ1) is 9.97. The van der Waals surface area contributed by atoms with Gasteiger partial charge in [-0.25, -0.2) is 0 Å². The molecular formula is C18H20N2O. The largest absolute Gasteiger partial charge is 0.398 e. The second kappa shape index (κ2) is 6.27. The van der Waals surface area contributed by atoms with Crippen molar-refractivity contribution in [2.75, 3.05) is 11.1 Å². The van der Waals surface area contributed by atoms with Crippen molar-refractivity contribution in [3.05, 3.63) is 64.7 Å². The Bertz CT molecular complexity index is 682. The molecule has 21 heavy (non-hydrogen) atoms. The summed E-state index contributed by atoms with van der Waals surface area (Å²) in [7, 11) is 0. The molecule has 108 valence electrons. The van der Waals surface area contributed by atoms with E-state index in [-0.39, 0.29) is 5.91 Å². The number of carbonyl (C=O) groups is 1. The summed E-state index contributed by atoms with van der Waals surface area (Å²) in [4.78, 5) is 12.0. The molecule has 0 fully saturated rings. The maximum Gasteiger partial charge on any atom is 0.248 e. The zero-order chi connectivity index (χ0) is 15.4. The average molecular weight is 280 g/mol. The Morgan fingerprint density at radius 2 is 1.71 bits per heavy atom. The van der Waals surface area contributed by atoms with Crippen LogP contribution in [0.5, 0.6) is 0 Å². The van der Waals surface area contributed by atoms with Gasteiger partial charge in [0, 0.05) is 17.5 Å². The van der Waals surface area contributed by atoms with Crippen LogP contribution in [0, 0.1) is 20.8 Å². The summed E-state index contributed by atoms with van der Waals surface area (Å²) in [5, 5.41) is 2.92. The summed E-state index contributed by atoms with van der Waals surface area (Å²) >= 11 is 0. The number of aryl methyl sites for hydroxylation is 3. The summed E-state index contributed by atoms with van der Waals surface area (Å²) in [5.74, 6) is -0.147. The molecule has 0 saturated carbocycles. The Kier molecular flexibility index (Phi) is 4.43. The number of amides is 1. The highest BCUT2D eigenvalue weighted by Gasteiger charge is 2.04. The monoisotopic (exact) mass is 280 g/mol. The minimum atomic E-state index is -0.147. The van der Waals surface area contributed by atoms with Crippen molar-refractivity contribution in [3.8, 4) is 0 Å². The fourth-order valence-corrected chi connectivity index (χ4v) is 2.11. The lowest BCUT2D eigenvalue weighted by atomic mass is 10.1. The molecule has 0 bridgehead atoms. The van der Waals surface area contributed by atoms with Crippen LogP contribution < -0.4 is 11.1 Å². The topological polar surface area (TPSA) is 55.1 Å². The lowest BCUT2D eigenvalue weighted by molar-refractivity contribution is -0.111. The normalized spacial score (nSPS) is 10.8. The van der Waals surface area contributed by atoms with E-state index >= 15 is 0 Å². The number of carbonyl (C=O) groups excluding carboxylic acids is 1. The van der Waals surface area contributed by atoms with Crippen LogP contribution in [0.25, 0.3) is 6.08 Å². The molecule has 0 spiro atoms. The van der Waals surface area contributed by atoms with Gasteiger partial charge in [0.15, 0.2) is 0 Å². The number of benzene rings is 2. The number of nitrogen functional groups attached to an aromatic ring is 1. The Balaban J connectivity index is 2.11. The van der Waals surface area contributed by atoms with Crippen molar-refractivity contribution in [3.63, 3.8) is 0 Å². The predicted molar refractivity (Wildman–Crippen MR) is 89.2 cm³/mol. The average Bonchev–Trinajstić information content (AvgIpc) is 2.44. The zero-order valence-corrected chi connectivity index (χ0v) is 12.6. The van der Waals surface area contributed by atoms with Gasteiger partial charge < -0.3 is 11.1 Å². The molecule has 0 aromatic heterocycles. The molecule has 2 aromatic carbocycles. The molecule has 0 saturated heterocycles. The zero-order valence-electron chi connectivity index (χ0n) is 12.6. The Hall–Kier alpha value is -2.55. The van der Waals surface area contributed by atoms with Gasteiger partial charge in [-0.15, -0.1) is 0 Å². The first-order valence-corrected chi connectivity index (χ1v) is 6.89. The third kappa shape index (κ3) is 3.72. The van der Waals surface area contributed by atoms with Gasteiger partial charge in [-0.1, -0.05) is 30.3 Å². The summed E-state index contributed by atoms with van der Waals surface area (Å²) in [6, 6.07) is 11.7. The maximum atomic E-state index is 12.0. The molecule has 3 nitrogen and oxygen atoms in total. The van der Waals surface area contributed by atoms with Gasteiger partial charge in [0.05, 0.1) is 0 Å². The van der Waals surface area contributed by atoms with Gasteiger partial charge in [-0.2, -0.15) is 0 Å². The molecule has 0 aliphatic heterocycles. The van der Waals surface area contributed by atoms with Crippen LogP contribution in [-0.4, -0.2) is 5.91 Å². The van der Waals surface area contributed by atoms with Crippen molar-refractivity contribution in [2.24, 2.45) is 0 Å². The molecule has 0 heterocycles. The van der Waals surface area contributed by atoms with Crippen LogP contribution in [0.2, 0.25) is 0 Å². The SMILES string of the molecule is Cc1ccc(/C=C/C(=O)Nc2c(C)cccc2C)cc1N. The van der Waals surface area contributed by atoms with E-state index < -0.39 is 0 Å². The Morgan fingerprint density at radius 3 is 2.33 bits per heavy atom. The Labute approximate surface area is 125 Å². The smallest absolute Gasteiger partial charge is 0.248 e. The van der Waals surface area contributed by atoms with Crippen LogP contribution in [0.4, 0.5) is 11.4 Å². The van der Waals surface area contributed by atoms with Crippen molar-refractivity contribution >= 4 is 23.4 Å². The molecule has 0 radical (unpaired) electrons. The summed E-state index contributed by atoms with van der Waals surface area (Å²) in [5.41, 5.74) is 11.5. The molecular weight excluding hydrogens is 260 g/mol. The second-order valence-electron chi connectivity index (χ2n) is 5.21. The first-order valence-electron chi connectivity index (χ1n) is 6.89. The van der Waals surface area contributed by atoms with E-state index in [4.69, 9.17) is 5.73 Å². The van der Waals surface area contributed by atoms with Gasteiger partial charge in [0.2, 0.25) is 5.91 Å². The number of rotatable bonds is 3. The van der Waals surface area contributed by atoms with Gasteiger partial charge in [-0.05, 0) is 55.2 Å². The number of hydrogen-bond donors (Lipinski definition) is 2. The predicted octanol–water partition coefficient (Wildman–Crippen LogP) is 3.85. The fourth-order valence-electron chi connectivity index (χ4n) is 2.11. The second-order valence-corrected chi connectivity index (χ2v) is 5.21. The molecule has 2 rings (SSSR count). The van der Waals surface area contributed by atoms with Crippen molar-refractivity contribution < 1.29 is 4.79 Å². The van der Waals surface area contributed by atoms with E-state index in [0.29, 0.717) is 0 Å². The van der Waals surface area contributed by atoms with Crippen LogP contribution in [0.15, 0.2) is 42.5 Å². The molecule has 0 atom stereocenters. The standard InChI is InChI=1S/C18H20N2O/c1-12-7-8-15(11-16(12)19)9-10-17(21)20-18-13(2)5-4-6-14(18)3/h4-11H,19H2,1-3H3,(H,20,21)/b10-9+. The molecule has 2 aromatic rings. The van der Waals surface area contributed by atoms with Crippen LogP contribution in [0.3, 0.4) is 0 Å². The van der Waals surface area contributed by atoms with Crippen molar-refractivity contribution in [2.45, 2.75) is 20.8 Å². The summed E-state index contributed by atoms with van der Waals surface area (Å²) in [6.07, 6.45) is 3.29. The number of anilines is 2. The lowest BCUT2D eigenvalue weighted by Gasteiger charge is -2.09. The maximum absolute atomic E-state index is 12.0. The molecule has 3 N–H and O–H groups in total. The van der Waals surface area contributed by atoms with E-state index in [9.17, 15) is 4.79 Å². The van der Waals surface area contributed by atoms with Crippen LogP contribution in [0.1, 0.15) is 22.3 Å². The van der Waals surface area contributed by atoms with E-state index in [1.807, 2.05) is 57.2 Å². The summed E-state index contributed by atoms with van der Waals surface area (Å²) < 4.78 is 0. The van der Waals surface area contributed by atoms with Gasteiger partial charge in [0.1, 0.15) is 0 Å². The molecule has 1 amide bonds. The summed E-state index contributed by atoms with van der Waals surface area (Å²) in [6.45, 7) is 5.91. The highest BCUT2D eigenvalue weighted by molar-refractivity contribution is 6.02. The lowest BCUT2D eigenvalue weighted by Crippen LogP contribution is -2.10. The number of nitrogens with two attached hydrogens (primary N) is 1. The van der Waals surface area contributed by atoms with Gasteiger partial charge in [-0.3, -0.25) is 4.79 Å². The van der Waals surface area contributed by atoms with Crippen molar-refractivity contribution in [1.82, 2.24) is 0 Å². The Morgan fingerprint density at radius 1 is 1.05 bits per heavy atom. The van der Waals surface area contributed by atoms with Crippen LogP contribution in [-0.2, 0) is 4.79 Å². The fraction of sp³-hybridized carbons (Fsp3) is 0.167. The third-order valence-electron chi connectivity index (χ3n) is 3.46. The van der Waals surface area contributed by atoms with Gasteiger partial charge >= 0.3 is 0 Å². The van der Waals surface area contributed by atoms with Gasteiger partial charge in [0.25, 0.3) is 0 Å². The molecule has 0 aliphatic carbocycles. The van der Waals surface area contributed by atoms with Crippen LogP contribution >= 0.6 is 0 Å². The number of para-hydroxylation sites is 1. The number of hydrogen-bond acceptors (Lipinski definition) is 2. The first kappa shape index (κ1) is 14.9. The van der Waals surface area contributed by atoms with E-state index in [1.54, 1.807) is 6.08 Å². The highest BCUT2D eigenvalue weighted by atomic mass is 16.1. The quantitative estimate of drug-likeness (QED) is 0.663. The van der Waals surface area contributed by atoms with E-state index in [0.717, 1.165) is 33.6 Å². The minimum absolute atomic E-state index is 0.147. The van der Waals surface area contributed by atoms with E-state index in [2.05, 4.69) is 5.32 Å².